The molecule has 0 fully saturated rings. The third-order valence-corrected chi connectivity index (χ3v) is 2.79. The van der Waals surface area contributed by atoms with Crippen LogP contribution >= 0.6 is 0 Å². The summed E-state index contributed by atoms with van der Waals surface area (Å²) in [5, 5.41) is 2.52. The summed E-state index contributed by atoms with van der Waals surface area (Å²) in [4.78, 5) is 24.0. The number of Topliss-reactive ketones (excluding diaryl/α,β-unsaturated/α-hetero) is 1. The van der Waals surface area contributed by atoms with Crippen LogP contribution in [0.1, 0.15) is 38.1 Å². The van der Waals surface area contributed by atoms with Gasteiger partial charge in [-0.2, -0.15) is 0 Å². The minimum Gasteiger partial charge on any atom is -0.493 e. The molecule has 0 aliphatic heterocycles. The highest BCUT2D eigenvalue weighted by molar-refractivity contribution is 6.01. The van der Waals surface area contributed by atoms with Gasteiger partial charge in [-0.3, -0.25) is 4.79 Å². The maximum atomic E-state index is 12.3. The van der Waals surface area contributed by atoms with Crippen LogP contribution in [0.4, 0.5) is 4.79 Å². The zero-order chi connectivity index (χ0) is 16.9. The maximum absolute atomic E-state index is 12.3. The number of hydrogen-bond acceptors (Lipinski definition) is 5. The van der Waals surface area contributed by atoms with Crippen LogP contribution in [0.2, 0.25) is 0 Å². The van der Waals surface area contributed by atoms with E-state index < -0.39 is 17.7 Å². The summed E-state index contributed by atoms with van der Waals surface area (Å²) < 4.78 is 15.4. The van der Waals surface area contributed by atoms with Crippen LogP contribution in [0.15, 0.2) is 18.2 Å². The molecule has 122 valence electrons. The van der Waals surface area contributed by atoms with Crippen molar-refractivity contribution in [3.8, 4) is 11.5 Å². The van der Waals surface area contributed by atoms with E-state index in [2.05, 4.69) is 5.32 Å². The molecule has 0 spiro atoms. The molecule has 22 heavy (non-hydrogen) atoms. The van der Waals surface area contributed by atoms with Gasteiger partial charge in [-0.15, -0.1) is 0 Å². The Morgan fingerprint density at radius 1 is 1.09 bits per heavy atom. The minimum absolute atomic E-state index is 0.244. The molecule has 0 bridgehead atoms. The first-order valence-electron chi connectivity index (χ1n) is 6.93. The number of carbonyl (C=O) groups excluding carboxylic acids is 2. The Labute approximate surface area is 130 Å². The molecule has 6 nitrogen and oxygen atoms in total. The lowest BCUT2D eigenvalue weighted by atomic mass is 10.0. The molecule has 0 heterocycles. The van der Waals surface area contributed by atoms with Gasteiger partial charge in [0, 0.05) is 5.56 Å². The number of carbonyl (C=O) groups is 2. The van der Waals surface area contributed by atoms with Crippen LogP contribution in [0.25, 0.3) is 0 Å². The molecular formula is C16H23NO5. The van der Waals surface area contributed by atoms with Crippen molar-refractivity contribution in [2.75, 3.05) is 14.2 Å². The van der Waals surface area contributed by atoms with Gasteiger partial charge >= 0.3 is 6.09 Å². The summed E-state index contributed by atoms with van der Waals surface area (Å²) in [5.74, 6) is 0.747. The van der Waals surface area contributed by atoms with Crippen molar-refractivity contribution in [2.45, 2.75) is 39.3 Å². The largest absolute Gasteiger partial charge is 0.493 e. The van der Waals surface area contributed by atoms with E-state index in [1.807, 2.05) is 0 Å². The molecule has 0 saturated heterocycles. The summed E-state index contributed by atoms with van der Waals surface area (Å²) >= 11 is 0. The average Bonchev–Trinajstić information content (AvgIpc) is 2.43. The van der Waals surface area contributed by atoms with Crippen LogP contribution < -0.4 is 14.8 Å². The lowest BCUT2D eigenvalue weighted by Gasteiger charge is -2.21. The quantitative estimate of drug-likeness (QED) is 0.847. The Bertz CT molecular complexity index is 548. The van der Waals surface area contributed by atoms with Gasteiger partial charge < -0.3 is 19.5 Å². The third-order valence-electron chi connectivity index (χ3n) is 2.79. The number of rotatable bonds is 5. The van der Waals surface area contributed by atoms with E-state index in [1.165, 1.54) is 14.2 Å². The van der Waals surface area contributed by atoms with Gasteiger partial charge in [-0.05, 0) is 45.9 Å². The number of benzene rings is 1. The molecule has 0 saturated carbocycles. The topological polar surface area (TPSA) is 73.9 Å². The normalized spacial score (nSPS) is 12.3. The van der Waals surface area contributed by atoms with E-state index in [1.54, 1.807) is 45.9 Å². The smallest absolute Gasteiger partial charge is 0.408 e. The predicted molar refractivity (Wildman–Crippen MR) is 82.7 cm³/mol. The molecule has 0 aromatic heterocycles. The van der Waals surface area contributed by atoms with Gasteiger partial charge in [0.05, 0.1) is 20.3 Å². The van der Waals surface area contributed by atoms with Gasteiger partial charge in [0.1, 0.15) is 5.60 Å². The van der Waals surface area contributed by atoms with Crippen LogP contribution in [0.3, 0.4) is 0 Å². The molecule has 0 aliphatic rings. The molecule has 1 aromatic carbocycles. The Morgan fingerprint density at radius 3 is 2.18 bits per heavy atom. The van der Waals surface area contributed by atoms with E-state index in [4.69, 9.17) is 14.2 Å². The van der Waals surface area contributed by atoms with Crippen molar-refractivity contribution >= 4 is 11.9 Å². The number of amides is 1. The van der Waals surface area contributed by atoms with E-state index in [-0.39, 0.29) is 5.78 Å². The molecular weight excluding hydrogens is 286 g/mol. The molecule has 6 heteroatoms. The molecule has 1 N–H and O–H groups in total. The fourth-order valence-corrected chi connectivity index (χ4v) is 1.79. The van der Waals surface area contributed by atoms with E-state index in [9.17, 15) is 9.59 Å². The second kappa shape index (κ2) is 7.15. The Morgan fingerprint density at radius 2 is 1.68 bits per heavy atom. The highest BCUT2D eigenvalue weighted by Crippen LogP contribution is 2.28. The number of ether oxygens (including phenoxy) is 3. The number of methoxy groups -OCH3 is 2. The van der Waals surface area contributed by atoms with E-state index >= 15 is 0 Å². The maximum Gasteiger partial charge on any atom is 0.408 e. The van der Waals surface area contributed by atoms with E-state index in [0.29, 0.717) is 17.1 Å². The lowest BCUT2D eigenvalue weighted by molar-refractivity contribution is 0.0496. The van der Waals surface area contributed by atoms with Gasteiger partial charge in [-0.1, -0.05) is 0 Å². The minimum atomic E-state index is -0.715. The SMILES string of the molecule is COc1ccc(C(=O)[C@H](C)NC(=O)OC(C)(C)C)cc1OC. The number of ketones is 1. The number of nitrogens with one attached hydrogen (secondary N) is 1. The molecule has 0 unspecified atom stereocenters. The number of alkyl carbamates (subject to hydrolysis) is 1. The van der Waals surface area contributed by atoms with Crippen molar-refractivity contribution in [3.05, 3.63) is 23.8 Å². The summed E-state index contributed by atoms with van der Waals surface area (Å²) in [6, 6.07) is 4.13. The summed E-state index contributed by atoms with van der Waals surface area (Å²) in [6.45, 7) is 6.87. The van der Waals surface area contributed by atoms with Gasteiger partial charge in [0.15, 0.2) is 17.3 Å². The van der Waals surface area contributed by atoms with Crippen molar-refractivity contribution in [1.82, 2.24) is 5.32 Å². The van der Waals surface area contributed by atoms with Crippen molar-refractivity contribution in [2.24, 2.45) is 0 Å². The zero-order valence-electron chi connectivity index (χ0n) is 13.9. The van der Waals surface area contributed by atoms with Crippen LogP contribution in [0.5, 0.6) is 11.5 Å². The standard InChI is InChI=1S/C16H23NO5/c1-10(17-15(19)22-16(2,3)4)14(18)11-7-8-12(20-5)13(9-11)21-6/h7-10H,1-6H3,(H,17,19)/t10-/m0/s1. The first-order valence-corrected chi connectivity index (χ1v) is 6.93. The van der Waals surface area contributed by atoms with Crippen molar-refractivity contribution in [3.63, 3.8) is 0 Å². The monoisotopic (exact) mass is 309 g/mol. The summed E-state index contributed by atoms with van der Waals surface area (Å²) in [6.07, 6.45) is -0.631. The van der Waals surface area contributed by atoms with Crippen LogP contribution in [-0.2, 0) is 4.74 Å². The Kier molecular flexibility index (Phi) is 5.79. The fourth-order valence-electron chi connectivity index (χ4n) is 1.79. The Hall–Kier alpha value is -2.24. The fraction of sp³-hybridized carbons (Fsp3) is 0.500. The molecule has 1 aromatic rings. The predicted octanol–water partition coefficient (Wildman–Crippen LogP) is 2.80. The second-order valence-electron chi connectivity index (χ2n) is 5.80. The van der Waals surface area contributed by atoms with Gasteiger partial charge in [0.2, 0.25) is 0 Å². The zero-order valence-corrected chi connectivity index (χ0v) is 13.9. The molecule has 0 radical (unpaired) electrons. The lowest BCUT2D eigenvalue weighted by Crippen LogP contribution is -2.41. The number of hydrogen-bond donors (Lipinski definition) is 1. The third kappa shape index (κ3) is 4.95. The summed E-state index contributed by atoms with van der Waals surface area (Å²) in [7, 11) is 3.01. The van der Waals surface area contributed by atoms with Crippen LogP contribution in [-0.4, -0.2) is 37.7 Å². The summed E-state index contributed by atoms with van der Waals surface area (Å²) in [5.41, 5.74) is -0.197. The van der Waals surface area contributed by atoms with Crippen molar-refractivity contribution in [1.29, 1.82) is 0 Å². The first kappa shape index (κ1) is 17.8. The molecule has 0 aliphatic carbocycles. The molecule has 1 rings (SSSR count). The van der Waals surface area contributed by atoms with Gasteiger partial charge in [0.25, 0.3) is 0 Å². The Balaban J connectivity index is 2.81. The first-order chi connectivity index (χ1) is 10.2. The highest BCUT2D eigenvalue weighted by atomic mass is 16.6. The average molecular weight is 309 g/mol. The van der Waals surface area contributed by atoms with Crippen molar-refractivity contribution < 1.29 is 23.8 Å². The van der Waals surface area contributed by atoms with Gasteiger partial charge in [-0.25, -0.2) is 4.79 Å². The van der Waals surface area contributed by atoms with Crippen LogP contribution in [0, 0.1) is 0 Å². The highest BCUT2D eigenvalue weighted by Gasteiger charge is 2.22. The van der Waals surface area contributed by atoms with E-state index in [0.717, 1.165) is 0 Å². The second-order valence-corrected chi connectivity index (χ2v) is 5.80. The molecule has 1 amide bonds. The molecule has 1 atom stereocenters.